The first-order chi connectivity index (χ1) is 9.02. The van der Waals surface area contributed by atoms with Gasteiger partial charge >= 0.3 is 0 Å². The first-order valence-electron chi connectivity index (χ1n) is 6.72. The number of aryl methyl sites for hydroxylation is 2. The van der Waals surface area contributed by atoms with Gasteiger partial charge in [-0.15, -0.1) is 0 Å². The smallest absolute Gasteiger partial charge is 0.217 e. The highest BCUT2D eigenvalue weighted by Gasteiger charge is 2.27. The molecule has 1 saturated heterocycles. The molecule has 0 radical (unpaired) electrons. The summed E-state index contributed by atoms with van der Waals surface area (Å²) >= 11 is 0. The summed E-state index contributed by atoms with van der Waals surface area (Å²) in [6.45, 7) is 6.24. The van der Waals surface area contributed by atoms with E-state index in [9.17, 15) is 4.79 Å². The zero-order chi connectivity index (χ0) is 14.0. The summed E-state index contributed by atoms with van der Waals surface area (Å²) in [6, 6.07) is 0.246. The molecular weight excluding hydrogens is 242 g/mol. The molecule has 2 heterocycles. The molecule has 1 aromatic heterocycles. The lowest BCUT2D eigenvalue weighted by atomic mass is 10.2. The molecule has 6 heteroatoms. The van der Waals surface area contributed by atoms with E-state index in [2.05, 4.69) is 20.6 Å². The van der Waals surface area contributed by atoms with Crippen molar-refractivity contribution in [2.75, 3.05) is 25.0 Å². The van der Waals surface area contributed by atoms with Crippen LogP contribution < -0.4 is 15.5 Å². The summed E-state index contributed by atoms with van der Waals surface area (Å²) in [4.78, 5) is 13.4. The van der Waals surface area contributed by atoms with Crippen LogP contribution in [0.3, 0.4) is 0 Å². The fourth-order valence-corrected chi connectivity index (χ4v) is 2.83. The first-order valence-corrected chi connectivity index (χ1v) is 6.72. The lowest BCUT2D eigenvalue weighted by molar-refractivity contribution is -0.119. The van der Waals surface area contributed by atoms with Crippen molar-refractivity contribution in [3.8, 4) is 0 Å². The van der Waals surface area contributed by atoms with Crippen molar-refractivity contribution in [2.24, 2.45) is 7.05 Å². The Hall–Kier alpha value is -1.56. The fourth-order valence-electron chi connectivity index (χ4n) is 2.83. The Morgan fingerprint density at radius 2 is 2.26 bits per heavy atom. The molecule has 1 fully saturated rings. The molecule has 1 aliphatic rings. The van der Waals surface area contributed by atoms with Gasteiger partial charge in [0.2, 0.25) is 5.91 Å². The summed E-state index contributed by atoms with van der Waals surface area (Å²) in [5, 5.41) is 10.7. The van der Waals surface area contributed by atoms with Gasteiger partial charge < -0.3 is 15.5 Å². The molecule has 1 unspecified atom stereocenters. The van der Waals surface area contributed by atoms with Crippen LogP contribution in [-0.4, -0.2) is 41.9 Å². The van der Waals surface area contributed by atoms with Crippen LogP contribution in [0.5, 0.6) is 0 Å². The van der Waals surface area contributed by atoms with Gasteiger partial charge in [-0.05, 0) is 20.4 Å². The van der Waals surface area contributed by atoms with Crippen molar-refractivity contribution in [1.82, 2.24) is 20.4 Å². The Kier molecular flexibility index (Phi) is 4.09. The van der Waals surface area contributed by atoms with Crippen molar-refractivity contribution < 1.29 is 4.79 Å². The third-order valence-corrected chi connectivity index (χ3v) is 3.56. The molecule has 2 N–H and O–H groups in total. The van der Waals surface area contributed by atoms with E-state index in [-0.39, 0.29) is 11.9 Å². The van der Waals surface area contributed by atoms with E-state index < -0.39 is 0 Å². The highest BCUT2D eigenvalue weighted by atomic mass is 16.1. The lowest BCUT2D eigenvalue weighted by Gasteiger charge is -2.20. The van der Waals surface area contributed by atoms with Crippen LogP contribution in [0.25, 0.3) is 0 Å². The molecule has 0 spiro atoms. The van der Waals surface area contributed by atoms with Crippen molar-refractivity contribution in [1.29, 1.82) is 0 Å². The van der Waals surface area contributed by atoms with Crippen molar-refractivity contribution >= 4 is 11.7 Å². The standard InChI is InChI=1S/C13H23N5O/c1-9-12(7-14-3)13(17(4)16-9)18-6-5-11(8-18)15-10(2)19/h11,14H,5-8H2,1-4H3,(H,15,19). The summed E-state index contributed by atoms with van der Waals surface area (Å²) in [7, 11) is 3.92. The minimum atomic E-state index is 0.0449. The maximum atomic E-state index is 11.1. The molecule has 0 aromatic carbocycles. The maximum absolute atomic E-state index is 11.1. The van der Waals surface area contributed by atoms with Crippen molar-refractivity contribution in [2.45, 2.75) is 32.9 Å². The molecule has 1 amide bonds. The molecule has 1 aromatic rings. The van der Waals surface area contributed by atoms with Gasteiger partial charge in [0.05, 0.1) is 5.69 Å². The predicted octanol–water partition coefficient (Wildman–Crippen LogP) is 0.163. The number of hydrogen-bond donors (Lipinski definition) is 2. The highest BCUT2D eigenvalue weighted by Crippen LogP contribution is 2.26. The molecule has 1 aliphatic heterocycles. The van der Waals surface area contributed by atoms with Gasteiger partial charge in [0.1, 0.15) is 5.82 Å². The number of amides is 1. The number of aromatic nitrogens is 2. The van der Waals surface area contributed by atoms with Crippen LogP contribution in [0, 0.1) is 6.92 Å². The number of nitrogens with one attached hydrogen (secondary N) is 2. The van der Waals surface area contributed by atoms with E-state index in [0.29, 0.717) is 0 Å². The molecule has 0 aliphatic carbocycles. The van der Waals surface area contributed by atoms with E-state index in [1.165, 1.54) is 11.4 Å². The average Bonchev–Trinajstić information content (AvgIpc) is 2.85. The van der Waals surface area contributed by atoms with E-state index >= 15 is 0 Å². The predicted molar refractivity (Wildman–Crippen MR) is 75.1 cm³/mol. The second kappa shape index (κ2) is 5.61. The van der Waals surface area contributed by atoms with Crippen LogP contribution in [0.2, 0.25) is 0 Å². The number of hydrogen-bond acceptors (Lipinski definition) is 4. The molecule has 6 nitrogen and oxygen atoms in total. The third kappa shape index (κ3) is 2.89. The van der Waals surface area contributed by atoms with Crippen LogP contribution in [0.15, 0.2) is 0 Å². The summed E-state index contributed by atoms with van der Waals surface area (Å²) in [5.74, 6) is 1.21. The molecule has 106 valence electrons. The SMILES string of the molecule is CNCc1c(C)nn(C)c1N1CCC(NC(C)=O)C1. The van der Waals surface area contributed by atoms with Crippen LogP contribution in [0.4, 0.5) is 5.82 Å². The topological polar surface area (TPSA) is 62.2 Å². The van der Waals surface area contributed by atoms with E-state index in [0.717, 1.165) is 31.7 Å². The minimum absolute atomic E-state index is 0.0449. The van der Waals surface area contributed by atoms with E-state index in [4.69, 9.17) is 0 Å². The molecule has 0 saturated carbocycles. The highest BCUT2D eigenvalue weighted by molar-refractivity contribution is 5.73. The Morgan fingerprint density at radius 3 is 2.89 bits per heavy atom. The number of nitrogens with zero attached hydrogens (tertiary/aromatic N) is 3. The summed E-state index contributed by atoms with van der Waals surface area (Å²) < 4.78 is 1.94. The van der Waals surface area contributed by atoms with Gasteiger partial charge in [0.25, 0.3) is 0 Å². The second-order valence-corrected chi connectivity index (χ2v) is 5.17. The van der Waals surface area contributed by atoms with Crippen LogP contribution in [-0.2, 0) is 18.4 Å². The minimum Gasteiger partial charge on any atom is -0.354 e. The molecule has 2 rings (SSSR count). The molecule has 0 bridgehead atoms. The quantitative estimate of drug-likeness (QED) is 0.814. The number of carbonyl (C=O) groups is 1. The summed E-state index contributed by atoms with van der Waals surface area (Å²) in [6.07, 6.45) is 0.989. The largest absolute Gasteiger partial charge is 0.354 e. The fraction of sp³-hybridized carbons (Fsp3) is 0.692. The molecule has 19 heavy (non-hydrogen) atoms. The van der Waals surface area contributed by atoms with E-state index in [1.807, 2.05) is 25.7 Å². The Morgan fingerprint density at radius 1 is 1.53 bits per heavy atom. The zero-order valence-electron chi connectivity index (χ0n) is 12.2. The zero-order valence-corrected chi connectivity index (χ0v) is 12.2. The maximum Gasteiger partial charge on any atom is 0.217 e. The van der Waals surface area contributed by atoms with Gasteiger partial charge in [-0.1, -0.05) is 0 Å². The van der Waals surface area contributed by atoms with Gasteiger partial charge in [0.15, 0.2) is 0 Å². The molecule has 1 atom stereocenters. The number of anilines is 1. The van der Waals surface area contributed by atoms with Crippen LogP contribution >= 0.6 is 0 Å². The number of carbonyl (C=O) groups excluding carboxylic acids is 1. The molecular formula is C13H23N5O. The normalized spacial score (nSPS) is 18.9. The lowest BCUT2D eigenvalue weighted by Crippen LogP contribution is -2.36. The van der Waals surface area contributed by atoms with Gasteiger partial charge in [0, 0.05) is 45.2 Å². The Bertz CT molecular complexity index is 468. The number of rotatable bonds is 4. The van der Waals surface area contributed by atoms with E-state index in [1.54, 1.807) is 6.92 Å². The summed E-state index contributed by atoms with van der Waals surface area (Å²) in [5.41, 5.74) is 2.31. The Labute approximate surface area is 114 Å². The second-order valence-electron chi connectivity index (χ2n) is 5.17. The monoisotopic (exact) mass is 265 g/mol. The van der Waals surface area contributed by atoms with Crippen molar-refractivity contribution in [3.05, 3.63) is 11.3 Å². The third-order valence-electron chi connectivity index (χ3n) is 3.56. The average molecular weight is 265 g/mol. The van der Waals surface area contributed by atoms with Gasteiger partial charge in [-0.3, -0.25) is 9.48 Å². The van der Waals surface area contributed by atoms with Gasteiger partial charge in [-0.2, -0.15) is 5.10 Å². The first kappa shape index (κ1) is 13.9. The van der Waals surface area contributed by atoms with Crippen molar-refractivity contribution in [3.63, 3.8) is 0 Å². The van der Waals surface area contributed by atoms with Gasteiger partial charge in [-0.25, -0.2) is 0 Å². The Balaban J connectivity index is 2.16. The van der Waals surface area contributed by atoms with Crippen LogP contribution in [0.1, 0.15) is 24.6 Å².